The van der Waals surface area contributed by atoms with Crippen LogP contribution < -0.4 is 10.6 Å². The van der Waals surface area contributed by atoms with Crippen molar-refractivity contribution in [1.82, 2.24) is 10.6 Å². The largest absolute Gasteiger partial charge is 0.467 e. The molecule has 132 valence electrons. The van der Waals surface area contributed by atoms with Gasteiger partial charge in [0, 0.05) is 13.3 Å². The lowest BCUT2D eigenvalue weighted by atomic mass is 10.0. The standard InChI is InChI=1S/C17H23FN2O4/c1-10(2)15(17(23)24-4)20-16(22)14(19-11(3)21)9-12-5-7-13(18)8-6-12/h5-8,10,14-15H,9H2,1-4H3,(H,19,21)(H,20,22)/t14-,15-/m0/s1. The lowest BCUT2D eigenvalue weighted by Crippen LogP contribution is -2.53. The van der Waals surface area contributed by atoms with E-state index < -0.39 is 24.0 Å². The molecule has 1 aromatic carbocycles. The molecule has 1 aromatic rings. The second-order valence-electron chi connectivity index (χ2n) is 5.84. The zero-order valence-corrected chi connectivity index (χ0v) is 14.3. The Bertz CT molecular complexity index is 587. The first kappa shape index (κ1) is 19.6. The van der Waals surface area contributed by atoms with Gasteiger partial charge in [-0.1, -0.05) is 26.0 Å². The van der Waals surface area contributed by atoms with Crippen LogP contribution in [0.5, 0.6) is 0 Å². The van der Waals surface area contributed by atoms with E-state index in [1.54, 1.807) is 13.8 Å². The minimum atomic E-state index is -0.876. The molecule has 0 radical (unpaired) electrons. The molecule has 0 saturated heterocycles. The summed E-state index contributed by atoms with van der Waals surface area (Å²) < 4.78 is 17.7. The molecule has 7 heteroatoms. The van der Waals surface area contributed by atoms with Crippen molar-refractivity contribution in [3.63, 3.8) is 0 Å². The summed E-state index contributed by atoms with van der Waals surface area (Å²) in [6, 6.07) is 3.95. The molecule has 0 saturated carbocycles. The third-order valence-electron chi connectivity index (χ3n) is 3.47. The molecule has 2 amide bonds. The molecule has 6 nitrogen and oxygen atoms in total. The van der Waals surface area contributed by atoms with Crippen molar-refractivity contribution >= 4 is 17.8 Å². The molecule has 2 atom stereocenters. The van der Waals surface area contributed by atoms with Gasteiger partial charge in [-0.05, 0) is 23.6 Å². The van der Waals surface area contributed by atoms with Crippen LogP contribution in [-0.4, -0.2) is 37.0 Å². The van der Waals surface area contributed by atoms with Crippen LogP contribution >= 0.6 is 0 Å². The number of carbonyl (C=O) groups is 3. The van der Waals surface area contributed by atoms with E-state index in [2.05, 4.69) is 15.4 Å². The zero-order valence-electron chi connectivity index (χ0n) is 14.3. The quantitative estimate of drug-likeness (QED) is 0.732. The van der Waals surface area contributed by atoms with Gasteiger partial charge in [0.25, 0.3) is 0 Å². The molecule has 0 aliphatic rings. The molecule has 0 heterocycles. The number of esters is 1. The molecule has 0 aliphatic carbocycles. The summed E-state index contributed by atoms with van der Waals surface area (Å²) in [5.41, 5.74) is 0.685. The van der Waals surface area contributed by atoms with E-state index >= 15 is 0 Å². The Morgan fingerprint density at radius 2 is 1.71 bits per heavy atom. The van der Waals surface area contributed by atoms with Crippen LogP contribution in [0, 0.1) is 11.7 Å². The molecular weight excluding hydrogens is 315 g/mol. The van der Waals surface area contributed by atoms with Crippen LogP contribution in [0.25, 0.3) is 0 Å². The number of methoxy groups -OCH3 is 1. The topological polar surface area (TPSA) is 84.5 Å². The maximum Gasteiger partial charge on any atom is 0.328 e. The molecule has 24 heavy (non-hydrogen) atoms. The molecule has 0 unspecified atom stereocenters. The Labute approximate surface area is 140 Å². The van der Waals surface area contributed by atoms with E-state index in [9.17, 15) is 18.8 Å². The normalized spacial score (nSPS) is 13.1. The smallest absolute Gasteiger partial charge is 0.328 e. The Morgan fingerprint density at radius 1 is 1.12 bits per heavy atom. The van der Waals surface area contributed by atoms with Crippen LogP contribution in [0.15, 0.2) is 24.3 Å². The number of ether oxygens (including phenoxy) is 1. The Kier molecular flexibility index (Phi) is 7.35. The summed E-state index contributed by atoms with van der Waals surface area (Å²) in [5.74, 6) is -1.99. The fourth-order valence-electron chi connectivity index (χ4n) is 2.19. The van der Waals surface area contributed by atoms with Gasteiger partial charge in [0.1, 0.15) is 17.9 Å². The highest BCUT2D eigenvalue weighted by molar-refractivity contribution is 5.90. The highest BCUT2D eigenvalue weighted by Gasteiger charge is 2.29. The fourth-order valence-corrected chi connectivity index (χ4v) is 2.19. The minimum Gasteiger partial charge on any atom is -0.467 e. The Balaban J connectivity index is 2.89. The summed E-state index contributed by atoms with van der Waals surface area (Å²) in [6.07, 6.45) is 0.178. The van der Waals surface area contributed by atoms with E-state index in [1.807, 2.05) is 0 Å². The van der Waals surface area contributed by atoms with E-state index in [0.29, 0.717) is 5.56 Å². The third kappa shape index (κ3) is 5.98. The molecule has 2 N–H and O–H groups in total. The first-order valence-corrected chi connectivity index (χ1v) is 7.64. The second kappa shape index (κ2) is 9.00. The van der Waals surface area contributed by atoms with Gasteiger partial charge in [-0.25, -0.2) is 9.18 Å². The number of nitrogens with one attached hydrogen (secondary N) is 2. The number of benzene rings is 1. The van der Waals surface area contributed by atoms with Crippen molar-refractivity contribution in [3.05, 3.63) is 35.6 Å². The number of hydrogen-bond acceptors (Lipinski definition) is 4. The van der Waals surface area contributed by atoms with Gasteiger partial charge in [0.15, 0.2) is 0 Å². The van der Waals surface area contributed by atoms with Crippen LogP contribution in [0.3, 0.4) is 0 Å². The van der Waals surface area contributed by atoms with Crippen molar-refractivity contribution in [2.75, 3.05) is 7.11 Å². The highest BCUT2D eigenvalue weighted by Crippen LogP contribution is 2.08. The molecule has 0 bridgehead atoms. The monoisotopic (exact) mass is 338 g/mol. The van der Waals surface area contributed by atoms with Gasteiger partial charge >= 0.3 is 5.97 Å². The lowest BCUT2D eigenvalue weighted by molar-refractivity contribution is -0.146. The molecule has 0 aliphatic heterocycles. The molecule has 0 spiro atoms. The Morgan fingerprint density at radius 3 is 2.17 bits per heavy atom. The van der Waals surface area contributed by atoms with Gasteiger partial charge in [-0.2, -0.15) is 0 Å². The second-order valence-corrected chi connectivity index (χ2v) is 5.84. The summed E-state index contributed by atoms with van der Waals surface area (Å²) >= 11 is 0. The number of amides is 2. The maximum absolute atomic E-state index is 13.0. The number of hydrogen-bond donors (Lipinski definition) is 2. The first-order valence-electron chi connectivity index (χ1n) is 7.64. The van der Waals surface area contributed by atoms with E-state index in [0.717, 1.165) is 0 Å². The summed E-state index contributed by atoms with van der Waals surface area (Å²) in [4.78, 5) is 35.6. The van der Waals surface area contributed by atoms with Gasteiger partial charge in [0.2, 0.25) is 11.8 Å². The van der Waals surface area contributed by atoms with Crippen molar-refractivity contribution in [2.45, 2.75) is 39.3 Å². The average Bonchev–Trinajstić information content (AvgIpc) is 2.52. The molecule has 0 fully saturated rings. The summed E-state index contributed by atoms with van der Waals surface area (Å²) in [6.45, 7) is 4.84. The maximum atomic E-state index is 13.0. The van der Waals surface area contributed by atoms with Crippen LogP contribution in [0.4, 0.5) is 4.39 Å². The van der Waals surface area contributed by atoms with Crippen LogP contribution in [-0.2, 0) is 25.5 Å². The van der Waals surface area contributed by atoms with Gasteiger partial charge < -0.3 is 15.4 Å². The van der Waals surface area contributed by atoms with Gasteiger partial charge in [0.05, 0.1) is 7.11 Å². The van der Waals surface area contributed by atoms with Gasteiger partial charge in [-0.15, -0.1) is 0 Å². The zero-order chi connectivity index (χ0) is 18.3. The van der Waals surface area contributed by atoms with Gasteiger partial charge in [-0.3, -0.25) is 9.59 Å². The predicted molar refractivity (Wildman–Crippen MR) is 86.5 cm³/mol. The SMILES string of the molecule is COC(=O)[C@@H](NC(=O)[C@H](Cc1ccc(F)cc1)NC(C)=O)C(C)C. The number of rotatable bonds is 7. The van der Waals surface area contributed by atoms with Crippen molar-refractivity contribution < 1.29 is 23.5 Å². The highest BCUT2D eigenvalue weighted by atomic mass is 19.1. The first-order chi connectivity index (χ1) is 11.2. The van der Waals surface area contributed by atoms with Crippen molar-refractivity contribution in [3.8, 4) is 0 Å². The summed E-state index contributed by atoms with van der Waals surface area (Å²) in [5, 5.41) is 5.15. The summed E-state index contributed by atoms with van der Waals surface area (Å²) in [7, 11) is 1.24. The average molecular weight is 338 g/mol. The van der Waals surface area contributed by atoms with E-state index in [4.69, 9.17) is 0 Å². The van der Waals surface area contributed by atoms with E-state index in [-0.39, 0.29) is 24.1 Å². The minimum absolute atomic E-state index is 0.176. The fraction of sp³-hybridized carbons (Fsp3) is 0.471. The predicted octanol–water partition coefficient (Wildman–Crippen LogP) is 1.19. The molecule has 0 aromatic heterocycles. The van der Waals surface area contributed by atoms with E-state index in [1.165, 1.54) is 38.3 Å². The van der Waals surface area contributed by atoms with Crippen molar-refractivity contribution in [1.29, 1.82) is 0 Å². The third-order valence-corrected chi connectivity index (χ3v) is 3.47. The van der Waals surface area contributed by atoms with Crippen LogP contribution in [0.1, 0.15) is 26.3 Å². The van der Waals surface area contributed by atoms with Crippen molar-refractivity contribution in [2.24, 2.45) is 5.92 Å². The number of carbonyl (C=O) groups excluding carboxylic acids is 3. The Hall–Kier alpha value is -2.44. The molecule has 1 rings (SSSR count). The molecular formula is C17H23FN2O4. The number of halogens is 1. The lowest BCUT2D eigenvalue weighted by Gasteiger charge is -2.24. The van der Waals surface area contributed by atoms with Crippen LogP contribution in [0.2, 0.25) is 0 Å².